The molecule has 2 rings (SSSR count). The molecule has 0 aliphatic carbocycles. The van der Waals surface area contributed by atoms with Crippen molar-refractivity contribution in [3.05, 3.63) is 0 Å². The van der Waals surface area contributed by atoms with Crippen LogP contribution in [-0.2, 0) is 47.9 Å². The van der Waals surface area contributed by atoms with Crippen molar-refractivity contribution in [1.29, 1.82) is 0 Å². The third kappa shape index (κ3) is 17.3. The lowest BCUT2D eigenvalue weighted by Gasteiger charge is -2.32. The van der Waals surface area contributed by atoms with Crippen LogP contribution in [-0.4, -0.2) is 142 Å². The van der Waals surface area contributed by atoms with Crippen molar-refractivity contribution >= 4 is 59.1 Å². The highest BCUT2D eigenvalue weighted by atomic mass is 16.4. The Morgan fingerprint density at radius 3 is 1.58 bits per heavy atom. The van der Waals surface area contributed by atoms with E-state index >= 15 is 0 Å². The average Bonchev–Trinajstić information content (AvgIpc) is 3.90. The molecule has 2 saturated heterocycles. The van der Waals surface area contributed by atoms with Crippen molar-refractivity contribution in [2.75, 3.05) is 19.6 Å². The number of carbonyl (C=O) groups excluding carboxylic acids is 9. The number of nitrogens with two attached hydrogens (primary N) is 2. The number of nitrogens with zero attached hydrogens (tertiary/aromatic N) is 2. The SMILES string of the molecule is CC(C)C[C@H](NC(=O)[C@H](C)NC(=O)[C@@H]1CCCN1C(=O)[C@H](CC(C)C)NC(=O)[C@@H](NC(=O)CNC(=O)[C@H](CCC(N)=O)NC(=O)[C@@H](N)CC(C)C)C(C)C)C(=O)N1CCC[C@H]1C(=O)O. The van der Waals surface area contributed by atoms with Gasteiger partial charge in [-0.25, -0.2) is 4.79 Å². The number of carbonyl (C=O) groups is 10. The lowest BCUT2D eigenvalue weighted by atomic mass is 9.99. The summed E-state index contributed by atoms with van der Waals surface area (Å²) in [5.41, 5.74) is 11.2. The number of hydrogen-bond acceptors (Lipinski definition) is 11. The molecule has 0 radical (unpaired) electrons. The Morgan fingerprint density at radius 1 is 0.609 bits per heavy atom. The van der Waals surface area contributed by atoms with Crippen molar-refractivity contribution < 1.29 is 53.1 Å². The number of aliphatic carboxylic acids is 1. The molecular weight excluding hydrogens is 833 g/mol. The fourth-order valence-corrected chi connectivity index (χ4v) is 7.81. The molecule has 2 fully saturated rings. The highest BCUT2D eigenvalue weighted by molar-refractivity contribution is 5.98. The third-order valence-corrected chi connectivity index (χ3v) is 11.1. The molecule has 21 heteroatoms. The van der Waals surface area contributed by atoms with E-state index in [1.165, 1.54) is 16.7 Å². The van der Waals surface area contributed by atoms with E-state index in [-0.39, 0.29) is 62.9 Å². The molecule has 11 N–H and O–H groups in total. The molecule has 0 unspecified atom stereocenters. The summed E-state index contributed by atoms with van der Waals surface area (Å²) in [5.74, 6) is -7.43. The summed E-state index contributed by atoms with van der Waals surface area (Å²) in [6, 6.07) is -8.48. The van der Waals surface area contributed by atoms with Gasteiger partial charge in [-0.05, 0) is 82.0 Å². The first kappa shape index (κ1) is 54.8. The van der Waals surface area contributed by atoms with E-state index in [1.54, 1.807) is 13.8 Å². The molecule has 2 aliphatic heterocycles. The molecule has 0 aromatic rings. The van der Waals surface area contributed by atoms with Gasteiger partial charge in [0, 0.05) is 19.5 Å². The Bertz CT molecular complexity index is 1690. The summed E-state index contributed by atoms with van der Waals surface area (Å²) in [4.78, 5) is 133. The summed E-state index contributed by atoms with van der Waals surface area (Å²) in [6.07, 6.45) is 1.99. The van der Waals surface area contributed by atoms with Gasteiger partial charge in [0.05, 0.1) is 12.6 Å². The fraction of sp³-hybridized carbons (Fsp3) is 0.767. The summed E-state index contributed by atoms with van der Waals surface area (Å²) < 4.78 is 0. The van der Waals surface area contributed by atoms with E-state index in [2.05, 4.69) is 31.9 Å². The zero-order valence-electron chi connectivity index (χ0n) is 39.0. The van der Waals surface area contributed by atoms with Crippen LogP contribution in [0.4, 0.5) is 0 Å². The van der Waals surface area contributed by atoms with Gasteiger partial charge >= 0.3 is 5.97 Å². The first-order valence-corrected chi connectivity index (χ1v) is 22.5. The Morgan fingerprint density at radius 2 is 1.09 bits per heavy atom. The summed E-state index contributed by atoms with van der Waals surface area (Å²) in [5, 5.41) is 25.3. The monoisotopic (exact) mass is 907 g/mol. The first-order chi connectivity index (χ1) is 29.8. The second-order valence-electron chi connectivity index (χ2n) is 18.6. The number of primary amides is 1. The van der Waals surface area contributed by atoms with Crippen molar-refractivity contribution in [1.82, 2.24) is 41.7 Å². The number of nitrogens with one attached hydrogen (secondary N) is 6. The largest absolute Gasteiger partial charge is 0.480 e. The third-order valence-electron chi connectivity index (χ3n) is 11.1. The van der Waals surface area contributed by atoms with Gasteiger partial charge in [-0.3, -0.25) is 43.2 Å². The number of rotatable bonds is 25. The quantitative estimate of drug-likeness (QED) is 0.0533. The highest BCUT2D eigenvalue weighted by Gasteiger charge is 2.41. The maximum atomic E-state index is 14.2. The van der Waals surface area contributed by atoms with Gasteiger partial charge in [-0.2, -0.15) is 0 Å². The smallest absolute Gasteiger partial charge is 0.326 e. The molecule has 0 aromatic carbocycles. The molecule has 8 atom stereocenters. The molecule has 0 saturated carbocycles. The maximum absolute atomic E-state index is 14.2. The van der Waals surface area contributed by atoms with E-state index in [0.29, 0.717) is 25.7 Å². The van der Waals surface area contributed by atoms with Crippen LogP contribution >= 0.6 is 0 Å². The van der Waals surface area contributed by atoms with Gasteiger partial charge in [0.2, 0.25) is 53.2 Å². The zero-order chi connectivity index (χ0) is 48.6. The first-order valence-electron chi connectivity index (χ1n) is 22.5. The molecule has 0 spiro atoms. The van der Waals surface area contributed by atoms with Crippen molar-refractivity contribution in [2.45, 2.75) is 168 Å². The maximum Gasteiger partial charge on any atom is 0.326 e. The van der Waals surface area contributed by atoms with Gasteiger partial charge in [-0.1, -0.05) is 55.4 Å². The van der Waals surface area contributed by atoms with Crippen LogP contribution in [0.2, 0.25) is 0 Å². The van der Waals surface area contributed by atoms with Gasteiger partial charge in [0.25, 0.3) is 0 Å². The highest BCUT2D eigenvalue weighted by Crippen LogP contribution is 2.23. The molecule has 0 aromatic heterocycles. The van der Waals surface area contributed by atoms with Crippen molar-refractivity contribution in [3.8, 4) is 0 Å². The lowest BCUT2D eigenvalue weighted by Crippen LogP contribution is -2.59. The molecule has 2 aliphatic rings. The minimum Gasteiger partial charge on any atom is -0.480 e. The Balaban J connectivity index is 2.13. The molecule has 0 bridgehead atoms. The lowest BCUT2D eigenvalue weighted by molar-refractivity contribution is -0.149. The standard InChI is InChI=1S/C43H74N10O11/c1-22(2)18-27(44)37(57)48-28(14-15-33(45)54)38(58)46-21-34(55)51-35(25(7)8)40(60)50-30(20-24(5)6)41(61)52-16-10-12-31(52)39(59)47-26(9)36(56)49-29(19-23(3)4)42(62)53-17-11-13-32(53)43(63)64/h22-32,35H,10-21,44H2,1-9H3,(H2,45,54)(H,46,58)(H,47,59)(H,48,57)(H,49,56)(H,50,60)(H,51,55)(H,63,64)/t26-,27-,28-,29-,30-,31-,32-,35-/m0/s1. The van der Waals surface area contributed by atoms with Crippen LogP contribution < -0.4 is 43.4 Å². The van der Waals surface area contributed by atoms with Gasteiger partial charge in [0.1, 0.15) is 42.3 Å². The Kier molecular flexibility index (Phi) is 22.1. The van der Waals surface area contributed by atoms with Crippen LogP contribution in [0.3, 0.4) is 0 Å². The predicted molar refractivity (Wildman–Crippen MR) is 235 cm³/mol. The average molecular weight is 907 g/mol. The number of carboxylic acids is 1. The number of likely N-dealkylation sites (tertiary alicyclic amines) is 2. The summed E-state index contributed by atoms with van der Waals surface area (Å²) in [6.45, 7) is 15.8. The van der Waals surface area contributed by atoms with E-state index in [1.807, 2.05) is 41.5 Å². The molecular formula is C43H74N10O11. The van der Waals surface area contributed by atoms with Crippen LogP contribution in [0.1, 0.15) is 120 Å². The number of hydrogen-bond donors (Lipinski definition) is 9. The summed E-state index contributed by atoms with van der Waals surface area (Å²) >= 11 is 0. The normalized spacial score (nSPS) is 19.0. The van der Waals surface area contributed by atoms with Gasteiger partial charge in [-0.15, -0.1) is 0 Å². The zero-order valence-corrected chi connectivity index (χ0v) is 39.0. The van der Waals surface area contributed by atoms with E-state index in [4.69, 9.17) is 11.5 Å². The second-order valence-corrected chi connectivity index (χ2v) is 18.6. The molecule has 362 valence electrons. The van der Waals surface area contributed by atoms with Crippen molar-refractivity contribution in [3.63, 3.8) is 0 Å². The van der Waals surface area contributed by atoms with E-state index < -0.39 is 120 Å². The van der Waals surface area contributed by atoms with Gasteiger partial charge in [0.15, 0.2) is 0 Å². The summed E-state index contributed by atoms with van der Waals surface area (Å²) in [7, 11) is 0. The van der Waals surface area contributed by atoms with Gasteiger partial charge < -0.3 is 58.3 Å². The van der Waals surface area contributed by atoms with Crippen LogP contribution in [0.5, 0.6) is 0 Å². The molecule has 21 nitrogen and oxygen atoms in total. The Labute approximate surface area is 376 Å². The van der Waals surface area contributed by atoms with Crippen LogP contribution in [0.25, 0.3) is 0 Å². The van der Waals surface area contributed by atoms with E-state index in [0.717, 1.165) is 0 Å². The molecule has 9 amide bonds. The topological polar surface area (TPSA) is 322 Å². The fourth-order valence-electron chi connectivity index (χ4n) is 7.81. The Hall–Kier alpha value is -5.34. The van der Waals surface area contributed by atoms with Crippen LogP contribution in [0, 0.1) is 23.7 Å². The number of amides is 9. The molecule has 2 heterocycles. The minimum atomic E-state index is -1.22. The minimum absolute atomic E-state index is 0.0247. The predicted octanol–water partition coefficient (Wildman–Crippen LogP) is -1.000. The molecule has 64 heavy (non-hydrogen) atoms. The van der Waals surface area contributed by atoms with E-state index in [9.17, 15) is 53.1 Å². The second kappa shape index (κ2) is 25.8. The van der Waals surface area contributed by atoms with Crippen molar-refractivity contribution in [2.24, 2.45) is 35.1 Å². The van der Waals surface area contributed by atoms with Crippen LogP contribution in [0.15, 0.2) is 0 Å². The number of carboxylic acid groups (broad SMARTS) is 1.